The van der Waals surface area contributed by atoms with Gasteiger partial charge in [0.1, 0.15) is 0 Å². The molecule has 1 unspecified atom stereocenters. The third-order valence-corrected chi connectivity index (χ3v) is 6.03. The minimum atomic E-state index is -0.0925. The zero-order chi connectivity index (χ0) is 21.5. The van der Waals surface area contributed by atoms with Crippen LogP contribution in [0.25, 0.3) is 10.9 Å². The molecular formula is C25H25N3O2S. The Kier molecular flexibility index (Phi) is 6.79. The molecule has 0 saturated carbocycles. The zero-order valence-electron chi connectivity index (χ0n) is 17.1. The van der Waals surface area contributed by atoms with Crippen molar-refractivity contribution in [3.63, 3.8) is 0 Å². The van der Waals surface area contributed by atoms with Crippen LogP contribution in [0.4, 0.5) is 0 Å². The van der Waals surface area contributed by atoms with Crippen LogP contribution in [0.15, 0.2) is 77.6 Å². The van der Waals surface area contributed by atoms with E-state index in [0.717, 1.165) is 11.1 Å². The highest BCUT2D eigenvalue weighted by Crippen LogP contribution is 2.30. The van der Waals surface area contributed by atoms with Gasteiger partial charge in [-0.1, -0.05) is 48.5 Å². The number of hydrogen-bond acceptors (Lipinski definition) is 3. The molecule has 0 bridgehead atoms. The van der Waals surface area contributed by atoms with Gasteiger partial charge in [0.25, 0.3) is 5.91 Å². The van der Waals surface area contributed by atoms with Gasteiger partial charge in [-0.3, -0.25) is 9.59 Å². The molecule has 5 nitrogen and oxygen atoms in total. The Labute approximate surface area is 185 Å². The van der Waals surface area contributed by atoms with Gasteiger partial charge in [-0.15, -0.1) is 0 Å². The van der Waals surface area contributed by atoms with E-state index < -0.39 is 0 Å². The second-order valence-corrected chi connectivity index (χ2v) is 8.21. The second-order valence-electron chi connectivity index (χ2n) is 7.43. The predicted molar refractivity (Wildman–Crippen MR) is 125 cm³/mol. The van der Waals surface area contributed by atoms with Crippen LogP contribution in [-0.2, 0) is 4.79 Å². The van der Waals surface area contributed by atoms with Gasteiger partial charge in [-0.05, 0) is 35.1 Å². The predicted octanol–water partition coefficient (Wildman–Crippen LogP) is 4.69. The van der Waals surface area contributed by atoms with Crippen LogP contribution < -0.4 is 10.6 Å². The van der Waals surface area contributed by atoms with Crippen molar-refractivity contribution in [2.45, 2.75) is 18.8 Å². The molecule has 6 heteroatoms. The number of H-pyrrole nitrogens is 1. The third kappa shape index (κ3) is 5.22. The van der Waals surface area contributed by atoms with E-state index in [1.165, 1.54) is 22.3 Å². The number of fused-ring (bicyclic) bond motifs is 1. The highest BCUT2D eigenvalue weighted by atomic mass is 32.1. The van der Waals surface area contributed by atoms with Gasteiger partial charge in [0.15, 0.2) is 0 Å². The van der Waals surface area contributed by atoms with Gasteiger partial charge >= 0.3 is 0 Å². The fourth-order valence-electron chi connectivity index (χ4n) is 3.73. The molecule has 0 aliphatic carbocycles. The molecule has 0 spiro atoms. The van der Waals surface area contributed by atoms with Gasteiger partial charge in [-0.2, -0.15) is 11.3 Å². The summed E-state index contributed by atoms with van der Waals surface area (Å²) in [6.07, 6.45) is 3.01. The van der Waals surface area contributed by atoms with Crippen LogP contribution in [0.3, 0.4) is 0 Å². The number of aromatic nitrogens is 1. The Bertz CT molecular complexity index is 1140. The average molecular weight is 432 g/mol. The molecular weight excluding hydrogens is 406 g/mol. The molecule has 158 valence electrons. The molecule has 2 aromatic heterocycles. The molecule has 0 fully saturated rings. The quantitative estimate of drug-likeness (QED) is 0.337. The third-order valence-electron chi connectivity index (χ3n) is 5.35. The Balaban J connectivity index is 1.34. The normalized spacial score (nSPS) is 11.9. The first-order valence-electron chi connectivity index (χ1n) is 10.4. The van der Waals surface area contributed by atoms with Crippen molar-refractivity contribution in [3.8, 4) is 0 Å². The topological polar surface area (TPSA) is 74.0 Å². The number of hydrogen-bond donors (Lipinski definition) is 3. The van der Waals surface area contributed by atoms with Crippen LogP contribution in [0, 0.1) is 0 Å². The lowest BCUT2D eigenvalue weighted by Gasteiger charge is -2.18. The van der Waals surface area contributed by atoms with E-state index in [0.29, 0.717) is 31.5 Å². The van der Waals surface area contributed by atoms with Crippen LogP contribution in [0.5, 0.6) is 0 Å². The summed E-state index contributed by atoms with van der Waals surface area (Å²) in [7, 11) is 0. The first kappa shape index (κ1) is 20.9. The fraction of sp³-hybridized carbons (Fsp3) is 0.200. The van der Waals surface area contributed by atoms with Crippen molar-refractivity contribution < 1.29 is 9.59 Å². The smallest absolute Gasteiger partial charge is 0.252 e. The van der Waals surface area contributed by atoms with Gasteiger partial charge in [0.05, 0.1) is 0 Å². The highest BCUT2D eigenvalue weighted by Gasteiger charge is 2.19. The van der Waals surface area contributed by atoms with Crippen molar-refractivity contribution in [3.05, 3.63) is 94.3 Å². The largest absolute Gasteiger partial charge is 0.361 e. The van der Waals surface area contributed by atoms with Gasteiger partial charge in [0, 0.05) is 53.5 Å². The maximum atomic E-state index is 12.5. The highest BCUT2D eigenvalue weighted by molar-refractivity contribution is 7.08. The molecule has 2 amide bonds. The van der Waals surface area contributed by atoms with Crippen LogP contribution >= 0.6 is 11.3 Å². The summed E-state index contributed by atoms with van der Waals surface area (Å²) < 4.78 is 0. The van der Waals surface area contributed by atoms with Crippen molar-refractivity contribution in [2.75, 3.05) is 13.1 Å². The number of nitrogens with one attached hydrogen (secondary N) is 3. The van der Waals surface area contributed by atoms with E-state index in [1.54, 1.807) is 6.07 Å². The second kappa shape index (κ2) is 10.1. The molecule has 0 aliphatic heterocycles. The lowest BCUT2D eigenvalue weighted by molar-refractivity contribution is -0.121. The summed E-state index contributed by atoms with van der Waals surface area (Å²) in [4.78, 5) is 27.7. The van der Waals surface area contributed by atoms with E-state index in [9.17, 15) is 9.59 Å². The first-order valence-corrected chi connectivity index (χ1v) is 11.3. The van der Waals surface area contributed by atoms with Gasteiger partial charge in [-0.25, -0.2) is 0 Å². The number of carbonyl (C=O) groups excluding carboxylic acids is 2. The van der Waals surface area contributed by atoms with E-state index in [2.05, 4.69) is 39.9 Å². The molecule has 4 rings (SSSR count). The number of para-hydroxylation sites is 1. The van der Waals surface area contributed by atoms with E-state index in [-0.39, 0.29) is 17.7 Å². The number of amides is 2. The SMILES string of the molecule is O=C(CCCNC(=O)c1ccsc1)NCC(c1ccccc1)c1c[nH]c2ccccc12. The standard InChI is InChI=1S/C25H25N3O2S/c29-24(11-6-13-26-25(30)19-12-14-31-17-19)28-15-21(18-7-2-1-3-8-18)22-16-27-23-10-5-4-9-20(22)23/h1-5,7-10,12,14,16-17,21,27H,6,11,13,15H2,(H,26,30)(H,28,29). The number of benzene rings is 2. The summed E-state index contributed by atoms with van der Waals surface area (Å²) >= 11 is 1.49. The lowest BCUT2D eigenvalue weighted by atomic mass is 9.91. The molecule has 31 heavy (non-hydrogen) atoms. The monoisotopic (exact) mass is 431 g/mol. The van der Waals surface area contributed by atoms with Crippen LogP contribution in [0.1, 0.15) is 40.2 Å². The molecule has 2 aromatic carbocycles. The van der Waals surface area contributed by atoms with Crippen molar-refractivity contribution in [2.24, 2.45) is 0 Å². The molecule has 2 heterocycles. The van der Waals surface area contributed by atoms with Crippen LogP contribution in [0.2, 0.25) is 0 Å². The Morgan fingerprint density at radius 1 is 0.968 bits per heavy atom. The summed E-state index contributed by atoms with van der Waals surface area (Å²) in [6.45, 7) is 0.999. The van der Waals surface area contributed by atoms with Gasteiger partial charge < -0.3 is 15.6 Å². The molecule has 4 aromatic rings. The maximum absolute atomic E-state index is 12.5. The van der Waals surface area contributed by atoms with Gasteiger partial charge in [0.2, 0.25) is 5.91 Å². The molecule has 1 atom stereocenters. The van der Waals surface area contributed by atoms with Crippen molar-refractivity contribution >= 4 is 34.1 Å². The summed E-state index contributed by atoms with van der Waals surface area (Å²) in [5.41, 5.74) is 4.09. The van der Waals surface area contributed by atoms with Crippen LogP contribution in [-0.4, -0.2) is 29.9 Å². The molecule has 0 radical (unpaired) electrons. The maximum Gasteiger partial charge on any atom is 0.252 e. The van der Waals surface area contributed by atoms with E-state index >= 15 is 0 Å². The minimum Gasteiger partial charge on any atom is -0.361 e. The molecule has 0 saturated heterocycles. The molecule has 0 aliphatic rings. The van der Waals surface area contributed by atoms with E-state index in [4.69, 9.17) is 0 Å². The summed E-state index contributed by atoms with van der Waals surface area (Å²) in [5.74, 6) is -0.0460. The Morgan fingerprint density at radius 2 is 1.77 bits per heavy atom. The minimum absolute atomic E-state index is 0.00875. The Morgan fingerprint density at radius 3 is 2.58 bits per heavy atom. The van der Waals surface area contributed by atoms with E-state index in [1.807, 2.05) is 47.3 Å². The fourth-order valence-corrected chi connectivity index (χ4v) is 4.36. The lowest BCUT2D eigenvalue weighted by Crippen LogP contribution is -2.30. The summed E-state index contributed by atoms with van der Waals surface area (Å²) in [6, 6.07) is 20.2. The van der Waals surface area contributed by atoms with Crippen molar-refractivity contribution in [1.29, 1.82) is 0 Å². The number of carbonyl (C=O) groups is 2. The molecule has 3 N–H and O–H groups in total. The number of rotatable bonds is 9. The number of thiophene rings is 1. The Hall–Kier alpha value is -3.38. The first-order chi connectivity index (χ1) is 15.2. The number of aromatic amines is 1. The van der Waals surface area contributed by atoms with Crippen molar-refractivity contribution in [1.82, 2.24) is 15.6 Å². The zero-order valence-corrected chi connectivity index (χ0v) is 18.0. The average Bonchev–Trinajstić information content (AvgIpc) is 3.48. The summed E-state index contributed by atoms with van der Waals surface area (Å²) in [5, 5.41) is 10.8.